The maximum atomic E-state index is 13.0. The van der Waals surface area contributed by atoms with Crippen LogP contribution in [0.3, 0.4) is 0 Å². The predicted octanol–water partition coefficient (Wildman–Crippen LogP) is 1.73. The Morgan fingerprint density at radius 1 is 1.12 bits per heavy atom. The van der Waals surface area contributed by atoms with Gasteiger partial charge in [0.15, 0.2) is 0 Å². The van der Waals surface area contributed by atoms with Crippen LogP contribution < -0.4 is 11.1 Å². The third kappa shape index (κ3) is 6.03. The van der Waals surface area contributed by atoms with E-state index in [1.165, 1.54) is 26.0 Å². The fourth-order valence-electron chi connectivity index (χ4n) is 3.46. The van der Waals surface area contributed by atoms with Crippen molar-refractivity contribution in [3.05, 3.63) is 35.4 Å². The van der Waals surface area contributed by atoms with Gasteiger partial charge in [0.05, 0.1) is 24.0 Å². The molecule has 176 valence electrons. The van der Waals surface area contributed by atoms with Gasteiger partial charge in [-0.1, -0.05) is 12.1 Å². The minimum Gasteiger partial charge on any atom is -0.467 e. The highest BCUT2D eigenvalue weighted by atomic mass is 31.2. The van der Waals surface area contributed by atoms with Gasteiger partial charge in [-0.2, -0.15) is 0 Å². The Bertz CT molecular complexity index is 885. The summed E-state index contributed by atoms with van der Waals surface area (Å²) < 4.78 is 22.7. The third-order valence-electron chi connectivity index (χ3n) is 5.41. The lowest BCUT2D eigenvalue weighted by Gasteiger charge is -2.23. The van der Waals surface area contributed by atoms with Gasteiger partial charge in [-0.15, -0.1) is 0 Å². The minimum atomic E-state index is -3.30. The Kier molecular flexibility index (Phi) is 9.12. The molecule has 1 heterocycles. The number of unbranched alkanes of at least 4 members (excludes halogenated alkanes) is 1. The second kappa shape index (κ2) is 11.4. The van der Waals surface area contributed by atoms with E-state index >= 15 is 0 Å². The summed E-state index contributed by atoms with van der Waals surface area (Å²) in [5.74, 6) is -2.46. The molecule has 0 saturated heterocycles. The highest BCUT2D eigenvalue weighted by Crippen LogP contribution is 2.51. The standard InChI is InChI=1S/C21H30N3O7P/c1-14(21(28)30-2)23-18(25)11-13-32(29,31-3)17(22)10-6-7-12-24-19(26)15-8-4-5-9-16(15)20(24)27/h4-5,8-9,14,17H,6-7,10-13,22H2,1-3H3,(H,23,25)/t14-,17?,32?/m1/s1. The molecular weight excluding hydrogens is 437 g/mol. The monoisotopic (exact) mass is 467 g/mol. The van der Waals surface area contributed by atoms with Crippen molar-refractivity contribution in [2.45, 2.75) is 44.4 Å². The first-order chi connectivity index (χ1) is 15.1. The molecule has 0 bridgehead atoms. The van der Waals surface area contributed by atoms with Crippen molar-refractivity contribution in [3.8, 4) is 0 Å². The zero-order valence-corrected chi connectivity index (χ0v) is 19.4. The second-order valence-electron chi connectivity index (χ2n) is 7.57. The predicted molar refractivity (Wildman–Crippen MR) is 117 cm³/mol. The van der Waals surface area contributed by atoms with Crippen LogP contribution in [0.25, 0.3) is 0 Å². The Morgan fingerprint density at radius 3 is 2.25 bits per heavy atom. The van der Waals surface area contributed by atoms with Crippen LogP contribution in [0.4, 0.5) is 0 Å². The van der Waals surface area contributed by atoms with Crippen LogP contribution in [0.1, 0.15) is 53.3 Å². The molecule has 0 saturated carbocycles. The number of nitrogens with two attached hydrogens (primary N) is 1. The zero-order chi connectivity index (χ0) is 23.9. The first kappa shape index (κ1) is 25.7. The van der Waals surface area contributed by atoms with Gasteiger partial charge in [0, 0.05) is 26.2 Å². The SMILES string of the molecule is COC(=O)[C@@H](C)NC(=O)CCP(=O)(OC)C(N)CCCCN1C(=O)c2ccccc2C1=O. The topological polar surface area (TPSA) is 145 Å². The largest absolute Gasteiger partial charge is 0.467 e. The van der Waals surface area contributed by atoms with Crippen molar-refractivity contribution in [3.63, 3.8) is 0 Å². The molecule has 11 heteroatoms. The number of esters is 1. The Labute approximate surface area is 187 Å². The summed E-state index contributed by atoms with van der Waals surface area (Å²) >= 11 is 0. The first-order valence-corrected chi connectivity index (χ1v) is 12.2. The van der Waals surface area contributed by atoms with E-state index in [2.05, 4.69) is 10.1 Å². The van der Waals surface area contributed by atoms with Crippen LogP contribution in [0.5, 0.6) is 0 Å². The average molecular weight is 467 g/mol. The highest BCUT2D eigenvalue weighted by Gasteiger charge is 2.35. The van der Waals surface area contributed by atoms with Gasteiger partial charge in [-0.05, 0) is 38.3 Å². The smallest absolute Gasteiger partial charge is 0.328 e. The Balaban J connectivity index is 1.79. The minimum absolute atomic E-state index is 0.0667. The van der Waals surface area contributed by atoms with Crippen molar-refractivity contribution < 1.29 is 33.0 Å². The Hall–Kier alpha value is -2.55. The number of ether oxygens (including phenoxy) is 1. The summed E-state index contributed by atoms with van der Waals surface area (Å²) in [6, 6.07) is 5.87. The van der Waals surface area contributed by atoms with Crippen LogP contribution in [0, 0.1) is 0 Å². The van der Waals surface area contributed by atoms with Crippen molar-refractivity contribution in [2.24, 2.45) is 5.73 Å². The fourth-order valence-corrected chi connectivity index (χ4v) is 5.34. The number of imide groups is 1. The quantitative estimate of drug-likeness (QED) is 0.205. The third-order valence-corrected chi connectivity index (χ3v) is 8.14. The van der Waals surface area contributed by atoms with Gasteiger partial charge in [-0.3, -0.25) is 23.8 Å². The van der Waals surface area contributed by atoms with Crippen LogP contribution in [0.15, 0.2) is 24.3 Å². The van der Waals surface area contributed by atoms with Gasteiger partial charge >= 0.3 is 5.97 Å². The zero-order valence-electron chi connectivity index (χ0n) is 18.5. The molecule has 1 aliphatic rings. The van der Waals surface area contributed by atoms with Crippen LogP contribution >= 0.6 is 7.37 Å². The molecule has 0 spiro atoms. The van der Waals surface area contributed by atoms with E-state index in [0.717, 1.165) is 0 Å². The van der Waals surface area contributed by atoms with Gasteiger partial charge in [0.1, 0.15) is 6.04 Å². The molecule has 0 aromatic heterocycles. The van der Waals surface area contributed by atoms with E-state index in [4.69, 9.17) is 10.3 Å². The van der Waals surface area contributed by atoms with Gasteiger partial charge in [0.25, 0.3) is 11.8 Å². The molecule has 32 heavy (non-hydrogen) atoms. The van der Waals surface area contributed by atoms with Gasteiger partial charge in [-0.25, -0.2) is 4.79 Å². The molecule has 2 unspecified atom stereocenters. The summed E-state index contributed by atoms with van der Waals surface area (Å²) in [6.07, 6.45) is 1.18. The molecule has 0 aliphatic carbocycles. The molecule has 10 nitrogen and oxygen atoms in total. The maximum Gasteiger partial charge on any atom is 0.328 e. The number of hydrogen-bond acceptors (Lipinski definition) is 8. The number of carbonyl (C=O) groups excluding carboxylic acids is 4. The lowest BCUT2D eigenvalue weighted by Crippen LogP contribution is -2.39. The number of methoxy groups -OCH3 is 1. The Morgan fingerprint density at radius 2 is 1.72 bits per heavy atom. The normalized spacial score (nSPS) is 16.8. The molecule has 0 radical (unpaired) electrons. The number of nitrogens with one attached hydrogen (secondary N) is 1. The van der Waals surface area contributed by atoms with Crippen LogP contribution in [-0.2, 0) is 23.4 Å². The molecule has 1 aromatic carbocycles. The molecular formula is C21H30N3O7P. The van der Waals surface area contributed by atoms with Crippen molar-refractivity contribution in [1.82, 2.24) is 10.2 Å². The van der Waals surface area contributed by atoms with Crippen molar-refractivity contribution in [1.29, 1.82) is 0 Å². The number of amides is 3. The number of fused-ring (bicyclic) bond motifs is 1. The number of carbonyl (C=O) groups is 4. The van der Waals surface area contributed by atoms with Crippen molar-refractivity contribution >= 4 is 31.1 Å². The number of nitrogens with zero attached hydrogens (tertiary/aromatic N) is 1. The van der Waals surface area contributed by atoms with E-state index in [1.807, 2.05) is 0 Å². The van der Waals surface area contributed by atoms with E-state index in [1.54, 1.807) is 24.3 Å². The summed E-state index contributed by atoms with van der Waals surface area (Å²) in [5, 5.41) is 2.47. The summed E-state index contributed by atoms with van der Waals surface area (Å²) in [6.45, 7) is 1.73. The van der Waals surface area contributed by atoms with E-state index < -0.39 is 31.1 Å². The maximum absolute atomic E-state index is 13.0. The summed E-state index contributed by atoms with van der Waals surface area (Å²) in [5.41, 5.74) is 6.90. The van der Waals surface area contributed by atoms with E-state index in [9.17, 15) is 23.7 Å². The molecule has 1 aliphatic heterocycles. The fraction of sp³-hybridized carbons (Fsp3) is 0.524. The van der Waals surface area contributed by atoms with Gasteiger partial charge < -0.3 is 20.3 Å². The molecule has 3 N–H and O–H groups in total. The average Bonchev–Trinajstić information content (AvgIpc) is 3.04. The molecule has 1 aromatic rings. The first-order valence-electron chi connectivity index (χ1n) is 10.4. The second-order valence-corrected chi connectivity index (χ2v) is 10.5. The lowest BCUT2D eigenvalue weighted by molar-refractivity contribution is -0.144. The van der Waals surface area contributed by atoms with Crippen LogP contribution in [0.2, 0.25) is 0 Å². The highest BCUT2D eigenvalue weighted by molar-refractivity contribution is 7.59. The van der Waals surface area contributed by atoms with E-state index in [-0.39, 0.29) is 30.9 Å². The molecule has 2 rings (SSSR count). The lowest BCUT2D eigenvalue weighted by atomic mass is 10.1. The molecule has 0 fully saturated rings. The molecule has 3 atom stereocenters. The number of hydrogen-bond donors (Lipinski definition) is 2. The summed E-state index contributed by atoms with van der Waals surface area (Å²) in [7, 11) is -0.798. The molecule has 3 amide bonds. The van der Waals surface area contributed by atoms with Crippen molar-refractivity contribution in [2.75, 3.05) is 26.9 Å². The number of rotatable bonds is 12. The van der Waals surface area contributed by atoms with Gasteiger partial charge in [0.2, 0.25) is 13.3 Å². The summed E-state index contributed by atoms with van der Waals surface area (Å²) in [4.78, 5) is 49.4. The van der Waals surface area contributed by atoms with Crippen LogP contribution in [-0.4, -0.2) is 67.3 Å². The number of benzene rings is 1. The van der Waals surface area contributed by atoms with E-state index in [0.29, 0.717) is 30.4 Å².